The van der Waals surface area contributed by atoms with Gasteiger partial charge in [-0.3, -0.25) is 10.0 Å². The maximum Gasteiger partial charge on any atom is 0.243 e. The van der Waals surface area contributed by atoms with Gasteiger partial charge >= 0.3 is 0 Å². The first kappa shape index (κ1) is 17.1. The monoisotopic (exact) mass is 315 g/mol. The Bertz CT molecular complexity index is 613. The lowest BCUT2D eigenvalue weighted by Gasteiger charge is -2.18. The normalized spacial score (nSPS) is 13.3. The number of benzene rings is 2. The van der Waals surface area contributed by atoms with Crippen molar-refractivity contribution < 1.29 is 20.2 Å². The summed E-state index contributed by atoms with van der Waals surface area (Å²) in [5.41, 5.74) is 4.29. The predicted molar refractivity (Wildman–Crippen MR) is 86.6 cm³/mol. The van der Waals surface area contributed by atoms with E-state index in [1.165, 1.54) is 5.48 Å². The second kappa shape index (κ2) is 8.43. The predicted octanol–water partition coefficient (Wildman–Crippen LogP) is 2.42. The van der Waals surface area contributed by atoms with Crippen molar-refractivity contribution in [1.82, 2.24) is 5.48 Å². The number of carbonyl (C=O) groups excluding carboxylic acids is 1. The number of aliphatic hydroxyl groups is 2. The number of amides is 1. The highest BCUT2D eigenvalue weighted by Gasteiger charge is 2.18. The van der Waals surface area contributed by atoms with Gasteiger partial charge in [0.2, 0.25) is 5.91 Å². The Morgan fingerprint density at radius 2 is 1.57 bits per heavy atom. The average Bonchev–Trinajstić information content (AvgIpc) is 2.61. The van der Waals surface area contributed by atoms with Crippen LogP contribution in [-0.4, -0.2) is 27.4 Å². The summed E-state index contributed by atoms with van der Waals surface area (Å²) in [7, 11) is 0. The Balaban J connectivity index is 1.94. The molecule has 2 aromatic carbocycles. The first-order chi connectivity index (χ1) is 11.1. The van der Waals surface area contributed by atoms with Gasteiger partial charge in [-0.15, -0.1) is 0 Å². The number of nitrogens with one attached hydrogen (secondary N) is 1. The molecule has 0 aliphatic rings. The minimum Gasteiger partial charge on any atom is -0.390 e. The van der Waals surface area contributed by atoms with Crippen LogP contribution in [0.2, 0.25) is 0 Å². The minimum absolute atomic E-state index is 0.104. The molecule has 0 aromatic heterocycles. The number of hydrogen-bond acceptors (Lipinski definition) is 4. The van der Waals surface area contributed by atoms with Crippen LogP contribution in [0.15, 0.2) is 54.6 Å². The second-order valence-corrected chi connectivity index (χ2v) is 5.43. The van der Waals surface area contributed by atoms with E-state index in [9.17, 15) is 15.0 Å². The zero-order valence-electron chi connectivity index (χ0n) is 12.7. The van der Waals surface area contributed by atoms with Crippen molar-refractivity contribution in [1.29, 1.82) is 0 Å². The van der Waals surface area contributed by atoms with Gasteiger partial charge in [-0.1, -0.05) is 54.6 Å². The molecule has 122 valence electrons. The molecule has 0 spiro atoms. The molecule has 0 heterocycles. The lowest BCUT2D eigenvalue weighted by Crippen LogP contribution is -2.21. The van der Waals surface area contributed by atoms with Gasteiger partial charge in [0, 0.05) is 6.42 Å². The number of hydroxylamine groups is 1. The summed E-state index contributed by atoms with van der Waals surface area (Å²) in [6.07, 6.45) is -1.20. The van der Waals surface area contributed by atoms with Crippen molar-refractivity contribution in [3.63, 3.8) is 0 Å². The van der Waals surface area contributed by atoms with E-state index in [2.05, 4.69) is 0 Å². The fourth-order valence-electron chi connectivity index (χ4n) is 2.41. The van der Waals surface area contributed by atoms with Gasteiger partial charge in [0.1, 0.15) is 6.10 Å². The third-order valence-corrected chi connectivity index (χ3v) is 3.75. The Labute approximate surface area is 135 Å². The van der Waals surface area contributed by atoms with Gasteiger partial charge in [-0.2, -0.15) is 0 Å². The van der Waals surface area contributed by atoms with E-state index >= 15 is 0 Å². The zero-order chi connectivity index (χ0) is 16.7. The van der Waals surface area contributed by atoms with Crippen LogP contribution in [-0.2, 0) is 4.79 Å². The third-order valence-electron chi connectivity index (χ3n) is 3.75. The largest absolute Gasteiger partial charge is 0.390 e. The highest BCUT2D eigenvalue weighted by molar-refractivity contribution is 5.74. The van der Waals surface area contributed by atoms with Crippen LogP contribution in [0.3, 0.4) is 0 Å². The number of rotatable bonds is 7. The molecule has 5 nitrogen and oxygen atoms in total. The fourth-order valence-corrected chi connectivity index (χ4v) is 2.41. The fraction of sp³-hybridized carbons (Fsp3) is 0.278. The van der Waals surface area contributed by atoms with Crippen molar-refractivity contribution >= 4 is 5.91 Å². The van der Waals surface area contributed by atoms with Crippen LogP contribution < -0.4 is 5.48 Å². The molecular weight excluding hydrogens is 294 g/mol. The average molecular weight is 315 g/mol. The summed E-state index contributed by atoms with van der Waals surface area (Å²) in [6.45, 7) is 0. The van der Waals surface area contributed by atoms with Crippen molar-refractivity contribution in [3.05, 3.63) is 60.2 Å². The quantitative estimate of drug-likeness (QED) is 0.466. The summed E-state index contributed by atoms with van der Waals surface area (Å²) in [5.74, 6) is -0.501. The minimum atomic E-state index is -1.00. The molecule has 0 radical (unpaired) electrons. The standard InChI is InChI=1S/C18H21NO4/c20-16(7-4-8-17(21)19-23)18(22)15-11-9-14(10-12-15)13-5-2-1-3-6-13/h1-3,5-6,9-12,16,18,20,22-23H,4,7-8H2,(H,19,21). The zero-order valence-corrected chi connectivity index (χ0v) is 12.7. The van der Waals surface area contributed by atoms with Crippen LogP contribution in [0.4, 0.5) is 0 Å². The highest BCUT2D eigenvalue weighted by Crippen LogP contribution is 2.24. The van der Waals surface area contributed by atoms with Crippen LogP contribution in [0.1, 0.15) is 30.9 Å². The molecule has 4 N–H and O–H groups in total. The van der Waals surface area contributed by atoms with Gasteiger partial charge in [0.25, 0.3) is 0 Å². The van der Waals surface area contributed by atoms with E-state index in [0.29, 0.717) is 12.0 Å². The maximum absolute atomic E-state index is 10.9. The molecule has 0 bridgehead atoms. The van der Waals surface area contributed by atoms with Crippen molar-refractivity contribution in [2.45, 2.75) is 31.5 Å². The first-order valence-corrected chi connectivity index (χ1v) is 7.56. The summed E-state index contributed by atoms with van der Waals surface area (Å²) < 4.78 is 0. The van der Waals surface area contributed by atoms with Crippen LogP contribution in [0.5, 0.6) is 0 Å². The number of hydrogen-bond donors (Lipinski definition) is 4. The van der Waals surface area contributed by atoms with Gasteiger partial charge in [-0.05, 0) is 29.5 Å². The topological polar surface area (TPSA) is 89.8 Å². The second-order valence-electron chi connectivity index (χ2n) is 5.43. The summed E-state index contributed by atoms with van der Waals surface area (Å²) in [4.78, 5) is 10.9. The van der Waals surface area contributed by atoms with Crippen LogP contribution >= 0.6 is 0 Å². The molecule has 2 unspecified atom stereocenters. The maximum atomic E-state index is 10.9. The van der Waals surface area contributed by atoms with E-state index in [1.807, 2.05) is 42.5 Å². The molecule has 0 aliphatic carbocycles. The van der Waals surface area contributed by atoms with E-state index < -0.39 is 18.1 Å². The first-order valence-electron chi connectivity index (χ1n) is 7.56. The number of carbonyl (C=O) groups is 1. The molecule has 0 fully saturated rings. The molecule has 23 heavy (non-hydrogen) atoms. The van der Waals surface area contributed by atoms with E-state index in [-0.39, 0.29) is 12.8 Å². The van der Waals surface area contributed by atoms with Crippen molar-refractivity contribution in [2.24, 2.45) is 0 Å². The number of aliphatic hydroxyl groups excluding tert-OH is 2. The molecule has 2 atom stereocenters. The highest BCUT2D eigenvalue weighted by atomic mass is 16.5. The van der Waals surface area contributed by atoms with Gasteiger partial charge < -0.3 is 10.2 Å². The molecule has 2 rings (SSSR count). The molecule has 2 aromatic rings. The molecular formula is C18H21NO4. The molecule has 0 saturated heterocycles. The molecule has 0 aliphatic heterocycles. The van der Waals surface area contributed by atoms with E-state index in [0.717, 1.165) is 11.1 Å². The Morgan fingerprint density at radius 3 is 2.17 bits per heavy atom. The lowest BCUT2D eigenvalue weighted by atomic mass is 9.97. The van der Waals surface area contributed by atoms with Gasteiger partial charge in [-0.25, -0.2) is 5.48 Å². The van der Waals surface area contributed by atoms with Crippen molar-refractivity contribution in [2.75, 3.05) is 0 Å². The Morgan fingerprint density at radius 1 is 0.957 bits per heavy atom. The SMILES string of the molecule is O=C(CCCC(O)C(O)c1ccc(-c2ccccc2)cc1)NO. The Hall–Kier alpha value is -2.21. The van der Waals surface area contributed by atoms with E-state index in [1.54, 1.807) is 12.1 Å². The van der Waals surface area contributed by atoms with Crippen LogP contribution in [0.25, 0.3) is 11.1 Å². The lowest BCUT2D eigenvalue weighted by molar-refractivity contribution is -0.129. The summed E-state index contributed by atoms with van der Waals surface area (Å²) in [5, 5.41) is 28.6. The van der Waals surface area contributed by atoms with Gasteiger partial charge in [0.15, 0.2) is 0 Å². The third kappa shape index (κ3) is 4.89. The molecule has 5 heteroatoms. The van der Waals surface area contributed by atoms with Crippen molar-refractivity contribution in [3.8, 4) is 11.1 Å². The Kier molecular flexibility index (Phi) is 6.29. The van der Waals surface area contributed by atoms with E-state index in [4.69, 9.17) is 5.21 Å². The van der Waals surface area contributed by atoms with Crippen LogP contribution in [0, 0.1) is 0 Å². The summed E-state index contributed by atoms with van der Waals surface area (Å²) >= 11 is 0. The smallest absolute Gasteiger partial charge is 0.243 e. The summed E-state index contributed by atoms with van der Waals surface area (Å²) in [6, 6.07) is 17.3. The molecule has 0 saturated carbocycles. The van der Waals surface area contributed by atoms with Gasteiger partial charge in [0.05, 0.1) is 6.10 Å². The molecule has 1 amide bonds.